The molecule has 1 aromatic rings. The first-order valence-corrected chi connectivity index (χ1v) is 5.20. The molecule has 0 aliphatic carbocycles. The van der Waals surface area contributed by atoms with Gasteiger partial charge in [0, 0.05) is 12.2 Å². The molecule has 0 unspecified atom stereocenters. The number of rotatable bonds is 4. The van der Waals surface area contributed by atoms with Crippen LogP contribution in [0.2, 0.25) is 0 Å². The van der Waals surface area contributed by atoms with Crippen molar-refractivity contribution in [1.29, 1.82) is 0 Å². The summed E-state index contributed by atoms with van der Waals surface area (Å²) < 4.78 is 4.75. The van der Waals surface area contributed by atoms with Gasteiger partial charge in [0.05, 0.1) is 7.11 Å². The van der Waals surface area contributed by atoms with Crippen molar-refractivity contribution >= 4 is 11.8 Å². The lowest BCUT2D eigenvalue weighted by molar-refractivity contribution is 0.178. The average molecular weight is 207 g/mol. The summed E-state index contributed by atoms with van der Waals surface area (Å²) in [5, 5.41) is 0. The quantitative estimate of drug-likeness (QED) is 0.759. The lowest BCUT2D eigenvalue weighted by Gasteiger charge is -2.20. The summed E-state index contributed by atoms with van der Waals surface area (Å²) in [7, 11) is 1.41. The third-order valence-electron chi connectivity index (χ3n) is 2.20. The SMILES string of the molecule is CCCCN(C(=O)OC)c1ccccc1. The van der Waals surface area contributed by atoms with E-state index in [9.17, 15) is 4.79 Å². The number of ether oxygens (including phenoxy) is 1. The van der Waals surface area contributed by atoms with Crippen molar-refractivity contribution in [2.75, 3.05) is 18.6 Å². The van der Waals surface area contributed by atoms with Crippen LogP contribution in [0.25, 0.3) is 0 Å². The molecule has 0 heterocycles. The van der Waals surface area contributed by atoms with Gasteiger partial charge in [0.1, 0.15) is 0 Å². The normalized spacial score (nSPS) is 9.73. The van der Waals surface area contributed by atoms with E-state index in [1.165, 1.54) is 7.11 Å². The van der Waals surface area contributed by atoms with E-state index < -0.39 is 0 Å². The van der Waals surface area contributed by atoms with Gasteiger partial charge in [0.2, 0.25) is 0 Å². The fourth-order valence-corrected chi connectivity index (χ4v) is 1.36. The number of unbranched alkanes of at least 4 members (excludes halogenated alkanes) is 1. The summed E-state index contributed by atoms with van der Waals surface area (Å²) >= 11 is 0. The van der Waals surface area contributed by atoms with Crippen LogP contribution in [0.5, 0.6) is 0 Å². The van der Waals surface area contributed by atoms with Gasteiger partial charge in [-0.3, -0.25) is 4.90 Å². The molecule has 0 saturated carbocycles. The summed E-state index contributed by atoms with van der Waals surface area (Å²) in [6, 6.07) is 9.58. The first-order valence-electron chi connectivity index (χ1n) is 5.20. The predicted molar refractivity (Wildman–Crippen MR) is 61.1 cm³/mol. The molecular formula is C12H17NO2. The van der Waals surface area contributed by atoms with Crippen molar-refractivity contribution in [3.63, 3.8) is 0 Å². The summed E-state index contributed by atoms with van der Waals surface area (Å²) in [6.07, 6.45) is 1.74. The minimum absolute atomic E-state index is 0.297. The maximum Gasteiger partial charge on any atom is 0.413 e. The number of carbonyl (C=O) groups excluding carboxylic acids is 1. The van der Waals surface area contributed by atoms with E-state index in [1.54, 1.807) is 4.90 Å². The first-order chi connectivity index (χ1) is 7.29. The highest BCUT2D eigenvalue weighted by Gasteiger charge is 2.14. The molecular weight excluding hydrogens is 190 g/mol. The van der Waals surface area contributed by atoms with Crippen LogP contribution in [0.15, 0.2) is 30.3 Å². The lowest BCUT2D eigenvalue weighted by Crippen LogP contribution is -2.31. The van der Waals surface area contributed by atoms with Crippen LogP contribution in [-0.4, -0.2) is 19.7 Å². The minimum atomic E-state index is -0.297. The number of hydrogen-bond donors (Lipinski definition) is 0. The second-order valence-corrected chi connectivity index (χ2v) is 3.31. The van der Waals surface area contributed by atoms with Crippen LogP contribution in [-0.2, 0) is 4.74 Å². The predicted octanol–water partition coefficient (Wildman–Crippen LogP) is 3.06. The fourth-order valence-electron chi connectivity index (χ4n) is 1.36. The highest BCUT2D eigenvalue weighted by Crippen LogP contribution is 2.14. The fraction of sp³-hybridized carbons (Fsp3) is 0.417. The molecule has 0 aromatic heterocycles. The Morgan fingerprint density at radius 1 is 1.33 bits per heavy atom. The molecule has 3 nitrogen and oxygen atoms in total. The van der Waals surface area contributed by atoms with Gasteiger partial charge < -0.3 is 4.74 Å². The Hall–Kier alpha value is -1.51. The third kappa shape index (κ3) is 3.27. The van der Waals surface area contributed by atoms with E-state index in [0.717, 1.165) is 18.5 Å². The smallest absolute Gasteiger partial charge is 0.413 e. The number of carbonyl (C=O) groups is 1. The molecule has 3 heteroatoms. The van der Waals surface area contributed by atoms with Gasteiger partial charge in [0.15, 0.2) is 0 Å². The second kappa shape index (κ2) is 6.06. The molecule has 0 saturated heterocycles. The van der Waals surface area contributed by atoms with Crippen molar-refractivity contribution in [2.24, 2.45) is 0 Å². The summed E-state index contributed by atoms with van der Waals surface area (Å²) in [6.45, 7) is 2.80. The van der Waals surface area contributed by atoms with Crippen molar-refractivity contribution in [3.8, 4) is 0 Å². The van der Waals surface area contributed by atoms with Gasteiger partial charge in [-0.15, -0.1) is 0 Å². The highest BCUT2D eigenvalue weighted by atomic mass is 16.5. The van der Waals surface area contributed by atoms with Crippen LogP contribution < -0.4 is 4.90 Å². The van der Waals surface area contributed by atoms with Gasteiger partial charge in [-0.25, -0.2) is 4.79 Å². The van der Waals surface area contributed by atoms with Crippen LogP contribution in [0.3, 0.4) is 0 Å². The number of para-hydroxylation sites is 1. The van der Waals surface area contributed by atoms with E-state index >= 15 is 0 Å². The van der Waals surface area contributed by atoms with Crippen LogP contribution >= 0.6 is 0 Å². The van der Waals surface area contributed by atoms with Gasteiger partial charge >= 0.3 is 6.09 Å². The van der Waals surface area contributed by atoms with E-state index in [2.05, 4.69) is 6.92 Å². The van der Waals surface area contributed by atoms with Crippen molar-refractivity contribution < 1.29 is 9.53 Å². The van der Waals surface area contributed by atoms with Crippen LogP contribution in [0, 0.1) is 0 Å². The average Bonchev–Trinajstić information content (AvgIpc) is 2.30. The Labute approximate surface area is 90.7 Å². The zero-order valence-electron chi connectivity index (χ0n) is 9.27. The standard InChI is InChI=1S/C12H17NO2/c1-3-4-10-13(12(14)15-2)11-8-6-5-7-9-11/h5-9H,3-4,10H2,1-2H3. The maximum absolute atomic E-state index is 11.5. The summed E-state index contributed by atoms with van der Waals surface area (Å²) in [4.78, 5) is 13.2. The first kappa shape index (κ1) is 11.6. The molecule has 0 N–H and O–H groups in total. The van der Waals surface area contributed by atoms with Gasteiger partial charge in [-0.1, -0.05) is 31.5 Å². The Morgan fingerprint density at radius 3 is 2.53 bits per heavy atom. The number of amides is 1. The molecule has 0 fully saturated rings. The van der Waals surface area contributed by atoms with Crippen LogP contribution in [0.1, 0.15) is 19.8 Å². The number of methoxy groups -OCH3 is 1. The molecule has 1 aromatic carbocycles. The third-order valence-corrected chi connectivity index (χ3v) is 2.20. The molecule has 1 amide bonds. The zero-order chi connectivity index (χ0) is 11.1. The lowest BCUT2D eigenvalue weighted by atomic mass is 10.2. The number of nitrogens with zero attached hydrogens (tertiary/aromatic N) is 1. The number of benzene rings is 1. The molecule has 1 rings (SSSR count). The molecule has 0 atom stereocenters. The van der Waals surface area contributed by atoms with Crippen molar-refractivity contribution in [2.45, 2.75) is 19.8 Å². The van der Waals surface area contributed by atoms with E-state index in [4.69, 9.17) is 4.74 Å². The number of hydrogen-bond acceptors (Lipinski definition) is 2. The topological polar surface area (TPSA) is 29.5 Å². The summed E-state index contributed by atoms with van der Waals surface area (Å²) in [5.74, 6) is 0. The van der Waals surface area contributed by atoms with Gasteiger partial charge in [-0.2, -0.15) is 0 Å². The van der Waals surface area contributed by atoms with E-state index in [0.29, 0.717) is 6.54 Å². The van der Waals surface area contributed by atoms with E-state index in [1.807, 2.05) is 30.3 Å². The molecule has 0 bridgehead atoms. The Balaban J connectivity index is 2.76. The Morgan fingerprint density at radius 2 is 2.00 bits per heavy atom. The molecule has 15 heavy (non-hydrogen) atoms. The largest absolute Gasteiger partial charge is 0.452 e. The monoisotopic (exact) mass is 207 g/mol. The summed E-state index contributed by atoms with van der Waals surface area (Å²) in [5.41, 5.74) is 0.887. The Kier molecular flexibility index (Phi) is 4.68. The van der Waals surface area contributed by atoms with Crippen molar-refractivity contribution in [1.82, 2.24) is 0 Å². The molecule has 0 spiro atoms. The molecule has 0 aliphatic heterocycles. The second-order valence-electron chi connectivity index (χ2n) is 3.31. The van der Waals surface area contributed by atoms with Gasteiger partial charge in [-0.05, 0) is 18.6 Å². The highest BCUT2D eigenvalue weighted by molar-refractivity contribution is 5.87. The molecule has 0 aliphatic rings. The minimum Gasteiger partial charge on any atom is -0.452 e. The van der Waals surface area contributed by atoms with Crippen LogP contribution in [0.4, 0.5) is 10.5 Å². The Bertz CT molecular complexity index is 298. The van der Waals surface area contributed by atoms with Crippen molar-refractivity contribution in [3.05, 3.63) is 30.3 Å². The number of anilines is 1. The maximum atomic E-state index is 11.5. The molecule has 0 radical (unpaired) electrons. The zero-order valence-corrected chi connectivity index (χ0v) is 9.27. The van der Waals surface area contributed by atoms with E-state index in [-0.39, 0.29) is 6.09 Å². The molecule has 82 valence electrons. The van der Waals surface area contributed by atoms with Gasteiger partial charge in [0.25, 0.3) is 0 Å².